The Morgan fingerprint density at radius 3 is 2.92 bits per heavy atom. The highest BCUT2D eigenvalue weighted by Crippen LogP contribution is 2.58. The SMILES string of the molecule is C=C1C=CN([C@@H]2O[C@@H]3COP(=O)(OC(C)C)O[C@H]3[C@@]2(C)N)C(=O)N1. The summed E-state index contributed by atoms with van der Waals surface area (Å²) in [5.41, 5.74) is 5.75. The molecule has 24 heavy (non-hydrogen) atoms. The fraction of sp³-hybridized carbons (Fsp3) is 0.643. The molecule has 0 aromatic rings. The monoisotopic (exact) mass is 359 g/mol. The molecule has 0 aromatic heterocycles. The van der Waals surface area contributed by atoms with E-state index in [0.717, 1.165) is 0 Å². The summed E-state index contributed by atoms with van der Waals surface area (Å²) in [6, 6.07) is -0.412. The molecule has 0 radical (unpaired) electrons. The number of nitrogens with zero attached hydrogens (tertiary/aromatic N) is 1. The van der Waals surface area contributed by atoms with Gasteiger partial charge < -0.3 is 15.8 Å². The van der Waals surface area contributed by atoms with Crippen molar-refractivity contribution in [3.63, 3.8) is 0 Å². The number of nitrogens with two attached hydrogens (primary N) is 1. The van der Waals surface area contributed by atoms with Gasteiger partial charge in [-0.15, -0.1) is 0 Å². The van der Waals surface area contributed by atoms with E-state index in [4.69, 9.17) is 24.0 Å². The van der Waals surface area contributed by atoms with E-state index in [9.17, 15) is 9.36 Å². The number of allylic oxidation sites excluding steroid dienone is 1. The lowest BCUT2D eigenvalue weighted by Crippen LogP contribution is -2.61. The van der Waals surface area contributed by atoms with E-state index in [-0.39, 0.29) is 12.7 Å². The van der Waals surface area contributed by atoms with Crippen LogP contribution in [0.2, 0.25) is 0 Å². The number of hydrogen-bond donors (Lipinski definition) is 2. The first kappa shape index (κ1) is 17.6. The Bertz CT molecular complexity index is 634. The van der Waals surface area contributed by atoms with Crippen molar-refractivity contribution in [2.75, 3.05) is 6.61 Å². The number of phosphoric acid groups is 1. The molecule has 5 atom stereocenters. The molecule has 2 fully saturated rings. The van der Waals surface area contributed by atoms with Crippen molar-refractivity contribution in [1.29, 1.82) is 0 Å². The molecule has 9 nitrogen and oxygen atoms in total. The number of amides is 2. The molecule has 3 rings (SSSR count). The van der Waals surface area contributed by atoms with E-state index < -0.39 is 37.8 Å². The van der Waals surface area contributed by atoms with Gasteiger partial charge in [-0.2, -0.15) is 0 Å². The van der Waals surface area contributed by atoms with Gasteiger partial charge >= 0.3 is 13.9 Å². The Morgan fingerprint density at radius 2 is 2.29 bits per heavy atom. The zero-order chi connectivity index (χ0) is 17.7. The van der Waals surface area contributed by atoms with Gasteiger partial charge in [0.2, 0.25) is 0 Å². The molecular weight excluding hydrogens is 337 g/mol. The first-order chi connectivity index (χ1) is 11.1. The lowest BCUT2D eigenvalue weighted by molar-refractivity contribution is -0.0789. The van der Waals surface area contributed by atoms with Crippen molar-refractivity contribution < 1.29 is 27.7 Å². The fourth-order valence-corrected chi connectivity index (χ4v) is 4.57. The maximum Gasteiger partial charge on any atom is 0.475 e. The van der Waals surface area contributed by atoms with E-state index in [2.05, 4.69) is 11.9 Å². The molecule has 10 heteroatoms. The predicted octanol–water partition coefficient (Wildman–Crippen LogP) is 1.43. The number of nitrogens with one attached hydrogen (secondary N) is 1. The zero-order valence-electron chi connectivity index (χ0n) is 13.8. The summed E-state index contributed by atoms with van der Waals surface area (Å²) in [5.74, 6) is 0. The second-order valence-electron chi connectivity index (χ2n) is 6.49. The van der Waals surface area contributed by atoms with Gasteiger partial charge in [0, 0.05) is 11.9 Å². The second-order valence-corrected chi connectivity index (χ2v) is 8.07. The van der Waals surface area contributed by atoms with Crippen LogP contribution in [0.25, 0.3) is 0 Å². The van der Waals surface area contributed by atoms with Gasteiger partial charge in [0.1, 0.15) is 12.2 Å². The molecule has 2 saturated heterocycles. The second kappa shape index (κ2) is 5.94. The quantitative estimate of drug-likeness (QED) is 0.733. The Kier molecular flexibility index (Phi) is 4.36. The summed E-state index contributed by atoms with van der Waals surface area (Å²) in [4.78, 5) is 13.5. The van der Waals surface area contributed by atoms with Crippen LogP contribution in [0.5, 0.6) is 0 Å². The Morgan fingerprint density at radius 1 is 1.58 bits per heavy atom. The molecule has 3 heterocycles. The van der Waals surface area contributed by atoms with Crippen LogP contribution in [-0.2, 0) is 22.9 Å². The molecule has 0 aliphatic carbocycles. The van der Waals surface area contributed by atoms with Crippen LogP contribution in [-0.4, -0.2) is 47.6 Å². The Balaban J connectivity index is 1.83. The minimum Gasteiger partial charge on any atom is -0.347 e. The smallest absolute Gasteiger partial charge is 0.347 e. The van der Waals surface area contributed by atoms with Gasteiger partial charge in [0.25, 0.3) is 0 Å². The van der Waals surface area contributed by atoms with Crippen molar-refractivity contribution in [3.05, 3.63) is 24.6 Å². The third-order valence-corrected chi connectivity index (χ3v) is 5.59. The molecular formula is C14H22N3O6P. The molecule has 0 aromatic carbocycles. The molecule has 3 aliphatic heterocycles. The zero-order valence-corrected chi connectivity index (χ0v) is 14.7. The van der Waals surface area contributed by atoms with Gasteiger partial charge in [-0.3, -0.25) is 18.5 Å². The van der Waals surface area contributed by atoms with Crippen molar-refractivity contribution >= 4 is 13.9 Å². The predicted molar refractivity (Wildman–Crippen MR) is 84.6 cm³/mol. The highest BCUT2D eigenvalue weighted by Gasteiger charge is 2.60. The average molecular weight is 359 g/mol. The normalized spacial score (nSPS) is 42.4. The summed E-state index contributed by atoms with van der Waals surface area (Å²) in [6.07, 6.45) is 0.718. The summed E-state index contributed by atoms with van der Waals surface area (Å²) in [5, 5.41) is 2.59. The van der Waals surface area contributed by atoms with E-state index in [1.54, 1.807) is 33.0 Å². The number of phosphoric ester groups is 1. The number of carbonyl (C=O) groups excluding carboxylic acids is 1. The Labute approximate surface area is 140 Å². The summed E-state index contributed by atoms with van der Waals surface area (Å²) < 4.78 is 34.5. The van der Waals surface area contributed by atoms with Gasteiger partial charge in [-0.1, -0.05) is 6.58 Å². The number of ether oxygens (including phenoxy) is 1. The molecule has 134 valence electrons. The van der Waals surface area contributed by atoms with Crippen molar-refractivity contribution in [1.82, 2.24) is 10.2 Å². The standard InChI is InChI=1S/C14H22N3O6P/c1-8(2)22-24(19)20-7-10-11(23-24)14(4,15)12(21-10)17-6-5-9(3)16-13(17)18/h5-6,8,10-12H,3,7,15H2,1-2,4H3,(H,16,18)/t10-,11-,12-,14-,24?/m1/s1. The molecule has 3 N–H and O–H groups in total. The third-order valence-electron chi connectivity index (χ3n) is 3.96. The Hall–Kier alpha value is -1.22. The number of urea groups is 1. The first-order valence-corrected chi connectivity index (χ1v) is 9.10. The maximum absolute atomic E-state index is 12.6. The molecule has 0 bridgehead atoms. The minimum absolute atomic E-state index is 0.00381. The van der Waals surface area contributed by atoms with Crippen LogP contribution >= 0.6 is 7.82 Å². The largest absolute Gasteiger partial charge is 0.475 e. The highest BCUT2D eigenvalue weighted by molar-refractivity contribution is 7.48. The van der Waals surface area contributed by atoms with Gasteiger partial charge in [-0.05, 0) is 26.8 Å². The van der Waals surface area contributed by atoms with Crippen LogP contribution in [0, 0.1) is 0 Å². The number of rotatable bonds is 3. The van der Waals surface area contributed by atoms with Gasteiger partial charge in [0.05, 0.1) is 18.2 Å². The highest BCUT2D eigenvalue weighted by atomic mass is 31.2. The number of fused-ring (bicyclic) bond motifs is 1. The summed E-state index contributed by atoms with van der Waals surface area (Å²) in [7, 11) is -3.72. The summed E-state index contributed by atoms with van der Waals surface area (Å²) >= 11 is 0. The fourth-order valence-electron chi connectivity index (χ4n) is 2.91. The average Bonchev–Trinajstić information content (AvgIpc) is 2.69. The number of hydrogen-bond acceptors (Lipinski definition) is 7. The van der Waals surface area contributed by atoms with Crippen molar-refractivity contribution in [2.45, 2.75) is 50.8 Å². The van der Waals surface area contributed by atoms with E-state index >= 15 is 0 Å². The van der Waals surface area contributed by atoms with Crippen LogP contribution in [0.3, 0.4) is 0 Å². The van der Waals surface area contributed by atoms with Crippen LogP contribution in [0.1, 0.15) is 20.8 Å². The maximum atomic E-state index is 12.6. The first-order valence-electron chi connectivity index (χ1n) is 7.64. The topological polar surface area (TPSA) is 112 Å². The molecule has 3 aliphatic rings. The molecule has 0 saturated carbocycles. The van der Waals surface area contributed by atoms with Crippen LogP contribution < -0.4 is 11.1 Å². The molecule has 1 unspecified atom stereocenters. The lowest BCUT2D eigenvalue weighted by Gasteiger charge is -2.38. The summed E-state index contributed by atoms with van der Waals surface area (Å²) in [6.45, 7) is 8.80. The minimum atomic E-state index is -3.72. The van der Waals surface area contributed by atoms with E-state index in [0.29, 0.717) is 5.70 Å². The van der Waals surface area contributed by atoms with E-state index in [1.165, 1.54) is 4.90 Å². The van der Waals surface area contributed by atoms with E-state index in [1.807, 2.05) is 0 Å². The molecule has 0 spiro atoms. The van der Waals surface area contributed by atoms with Gasteiger partial charge in [-0.25, -0.2) is 9.36 Å². The lowest BCUT2D eigenvalue weighted by atomic mass is 9.93. The molecule has 2 amide bonds. The van der Waals surface area contributed by atoms with Crippen LogP contribution in [0.15, 0.2) is 24.6 Å². The van der Waals surface area contributed by atoms with Crippen molar-refractivity contribution in [2.24, 2.45) is 5.73 Å². The van der Waals surface area contributed by atoms with Gasteiger partial charge in [0.15, 0.2) is 6.23 Å². The van der Waals surface area contributed by atoms with Crippen molar-refractivity contribution in [3.8, 4) is 0 Å². The third kappa shape index (κ3) is 3.03. The van der Waals surface area contributed by atoms with Crippen LogP contribution in [0.4, 0.5) is 4.79 Å². The number of carbonyl (C=O) groups is 1.